The third-order valence-electron chi connectivity index (χ3n) is 3.58. The van der Waals surface area contributed by atoms with Crippen LogP contribution in [-0.4, -0.2) is 19.9 Å². The Hall–Kier alpha value is -2.82. The maximum Gasteiger partial charge on any atom is 0.435 e. The molecular weight excluding hydrogens is 414 g/mol. The summed E-state index contributed by atoms with van der Waals surface area (Å²) in [4.78, 5) is 3.92. The lowest BCUT2D eigenvalue weighted by atomic mass is 10.1. The Balaban J connectivity index is 1.86. The van der Waals surface area contributed by atoms with Gasteiger partial charge >= 0.3 is 12.4 Å². The van der Waals surface area contributed by atoms with Gasteiger partial charge in [0, 0.05) is 24.3 Å². The zero-order valence-electron chi connectivity index (χ0n) is 13.8. The quantitative estimate of drug-likeness (QED) is 0.535. The summed E-state index contributed by atoms with van der Waals surface area (Å²) in [5.74, 6) is -0.190. The Kier molecular flexibility index (Phi) is 4.96. The van der Waals surface area contributed by atoms with E-state index < -0.39 is 23.6 Å². The van der Waals surface area contributed by atoms with E-state index in [4.69, 9.17) is 16.1 Å². The molecule has 0 bridgehead atoms. The second-order valence-corrected chi connectivity index (χ2v) is 5.90. The first-order valence-corrected chi connectivity index (χ1v) is 7.83. The van der Waals surface area contributed by atoms with Gasteiger partial charge in [-0.3, -0.25) is 4.68 Å². The van der Waals surface area contributed by atoms with Crippen molar-refractivity contribution in [3.63, 3.8) is 0 Å². The van der Waals surface area contributed by atoms with Gasteiger partial charge in [-0.05, 0) is 18.2 Å². The molecule has 0 saturated carbocycles. The van der Waals surface area contributed by atoms with Gasteiger partial charge in [0.05, 0.1) is 5.56 Å². The summed E-state index contributed by atoms with van der Waals surface area (Å²) in [7, 11) is 1.25. The fourth-order valence-electron chi connectivity index (χ4n) is 2.26. The van der Waals surface area contributed by atoms with Crippen LogP contribution in [0.4, 0.5) is 26.3 Å². The van der Waals surface area contributed by atoms with Gasteiger partial charge in [0.25, 0.3) is 5.89 Å². The van der Waals surface area contributed by atoms with E-state index in [9.17, 15) is 26.3 Å². The van der Waals surface area contributed by atoms with Crippen LogP contribution in [0.15, 0.2) is 28.8 Å². The number of hydrogen-bond acceptors (Lipinski definition) is 4. The van der Waals surface area contributed by atoms with E-state index in [-0.39, 0.29) is 28.0 Å². The fraction of sp³-hybridized carbons (Fsp3) is 0.188. The summed E-state index contributed by atoms with van der Waals surface area (Å²) < 4.78 is 82.5. The van der Waals surface area contributed by atoms with Crippen molar-refractivity contribution in [1.82, 2.24) is 19.9 Å². The normalized spacial score (nSPS) is 12.9. The average molecular weight is 423 g/mol. The zero-order chi connectivity index (χ0) is 20.7. The van der Waals surface area contributed by atoms with E-state index in [0.29, 0.717) is 0 Å². The molecule has 0 atom stereocenters. The molecule has 0 aliphatic rings. The Morgan fingerprint density at radius 3 is 2.21 bits per heavy atom. The van der Waals surface area contributed by atoms with Crippen LogP contribution in [0.25, 0.3) is 23.5 Å². The highest BCUT2D eigenvalue weighted by Gasteiger charge is 2.38. The smallest absolute Gasteiger partial charge is 0.334 e. The highest BCUT2D eigenvalue weighted by molar-refractivity contribution is 6.31. The van der Waals surface area contributed by atoms with Gasteiger partial charge in [0.2, 0.25) is 5.82 Å². The minimum absolute atomic E-state index is 0.0262. The van der Waals surface area contributed by atoms with Crippen molar-refractivity contribution in [3.8, 4) is 11.4 Å². The molecule has 5 nitrogen and oxygen atoms in total. The second kappa shape index (κ2) is 6.97. The summed E-state index contributed by atoms with van der Waals surface area (Å²) in [6, 6.07) is 4.01. The minimum Gasteiger partial charge on any atom is -0.334 e. The third kappa shape index (κ3) is 4.03. The first kappa shape index (κ1) is 19.9. The average Bonchev–Trinajstić information content (AvgIpc) is 3.18. The molecule has 28 heavy (non-hydrogen) atoms. The maximum absolute atomic E-state index is 13.0. The van der Waals surface area contributed by atoms with Crippen molar-refractivity contribution in [2.75, 3.05) is 0 Å². The van der Waals surface area contributed by atoms with Gasteiger partial charge in [-0.15, -0.1) is 0 Å². The van der Waals surface area contributed by atoms with Crippen molar-refractivity contribution in [2.45, 2.75) is 12.4 Å². The van der Waals surface area contributed by atoms with Gasteiger partial charge in [0.15, 0.2) is 5.69 Å². The van der Waals surface area contributed by atoms with Crippen LogP contribution in [0.1, 0.15) is 22.7 Å². The summed E-state index contributed by atoms with van der Waals surface area (Å²) in [6.45, 7) is 0. The van der Waals surface area contributed by atoms with E-state index in [0.717, 1.165) is 41.1 Å². The Labute approximate surface area is 158 Å². The van der Waals surface area contributed by atoms with E-state index >= 15 is 0 Å². The predicted molar refractivity (Wildman–Crippen MR) is 86.9 cm³/mol. The van der Waals surface area contributed by atoms with Crippen LogP contribution in [-0.2, 0) is 19.4 Å². The lowest BCUT2D eigenvalue weighted by molar-refractivity contribution is -0.141. The first-order chi connectivity index (χ1) is 13.0. The summed E-state index contributed by atoms with van der Waals surface area (Å²) >= 11 is 5.83. The van der Waals surface area contributed by atoms with Crippen molar-refractivity contribution in [3.05, 3.63) is 52.1 Å². The second-order valence-electron chi connectivity index (χ2n) is 5.54. The molecule has 0 radical (unpaired) electrons. The molecule has 0 aliphatic carbocycles. The van der Waals surface area contributed by atoms with E-state index in [1.165, 1.54) is 7.05 Å². The van der Waals surface area contributed by atoms with Crippen LogP contribution in [0.3, 0.4) is 0 Å². The molecule has 1 aromatic carbocycles. The number of nitrogens with zero attached hydrogens (tertiary/aromatic N) is 4. The van der Waals surface area contributed by atoms with Gasteiger partial charge in [-0.25, -0.2) is 0 Å². The van der Waals surface area contributed by atoms with E-state index in [2.05, 4.69) is 15.2 Å². The van der Waals surface area contributed by atoms with Crippen molar-refractivity contribution in [1.29, 1.82) is 0 Å². The Bertz CT molecular complexity index is 1020. The molecule has 0 spiro atoms. The zero-order valence-corrected chi connectivity index (χ0v) is 14.6. The molecule has 2 aromatic heterocycles. The molecule has 12 heteroatoms. The molecule has 0 amide bonds. The highest BCUT2D eigenvalue weighted by Crippen LogP contribution is 2.35. The van der Waals surface area contributed by atoms with Crippen molar-refractivity contribution >= 4 is 23.8 Å². The summed E-state index contributed by atoms with van der Waals surface area (Å²) in [6.07, 6.45) is -7.09. The molecule has 3 rings (SSSR count). The van der Waals surface area contributed by atoms with Crippen LogP contribution in [0.5, 0.6) is 0 Å². The molecule has 0 fully saturated rings. The standard InChI is InChI=1S/C16H9ClF6N4O/c1-27-13(17)10(12(25-27)16(21,22)23)6-7-11-24-14(26-28-11)8-2-4-9(5-3-8)15(18,19)20/h2-7H,1H3. The number of aromatic nitrogens is 4. The minimum atomic E-state index is -4.72. The first-order valence-electron chi connectivity index (χ1n) is 7.46. The maximum atomic E-state index is 13.0. The van der Waals surface area contributed by atoms with Gasteiger partial charge in [-0.1, -0.05) is 28.9 Å². The number of alkyl halides is 6. The summed E-state index contributed by atoms with van der Waals surface area (Å²) in [5.41, 5.74) is -2.16. The highest BCUT2D eigenvalue weighted by atomic mass is 35.5. The van der Waals surface area contributed by atoms with Gasteiger partial charge < -0.3 is 4.52 Å². The van der Waals surface area contributed by atoms with Crippen molar-refractivity contribution < 1.29 is 30.9 Å². The topological polar surface area (TPSA) is 56.7 Å². The molecule has 0 unspecified atom stereocenters. The summed E-state index contributed by atoms with van der Waals surface area (Å²) in [5, 5.41) is 6.67. The van der Waals surface area contributed by atoms with Crippen LogP contribution < -0.4 is 0 Å². The number of halogens is 7. The number of hydrogen-bond donors (Lipinski definition) is 0. The molecule has 2 heterocycles. The monoisotopic (exact) mass is 422 g/mol. The molecular formula is C16H9ClF6N4O. The number of aryl methyl sites for hydroxylation is 1. The predicted octanol–water partition coefficient (Wildman–Crippen LogP) is 5.33. The SMILES string of the molecule is Cn1nc(C(F)(F)F)c(C=Cc2nc(-c3ccc(C(F)(F)F)cc3)no2)c1Cl. The van der Waals surface area contributed by atoms with Crippen LogP contribution in [0.2, 0.25) is 5.15 Å². The van der Waals surface area contributed by atoms with E-state index in [1.807, 2.05) is 0 Å². The lowest BCUT2D eigenvalue weighted by Gasteiger charge is -2.05. The van der Waals surface area contributed by atoms with Gasteiger partial charge in [0.1, 0.15) is 5.15 Å². The fourth-order valence-corrected chi connectivity index (χ4v) is 2.45. The third-order valence-corrected chi connectivity index (χ3v) is 4.03. The Morgan fingerprint density at radius 2 is 1.64 bits per heavy atom. The van der Waals surface area contributed by atoms with Gasteiger partial charge in [-0.2, -0.15) is 36.4 Å². The number of benzene rings is 1. The molecule has 148 valence electrons. The van der Waals surface area contributed by atoms with Crippen LogP contribution in [0, 0.1) is 0 Å². The molecule has 0 saturated heterocycles. The lowest BCUT2D eigenvalue weighted by Crippen LogP contribution is -2.08. The number of rotatable bonds is 3. The Morgan fingerprint density at radius 1 is 1.00 bits per heavy atom. The largest absolute Gasteiger partial charge is 0.435 e. The van der Waals surface area contributed by atoms with Crippen molar-refractivity contribution in [2.24, 2.45) is 7.05 Å². The molecule has 0 N–H and O–H groups in total. The molecule has 3 aromatic rings. The van der Waals surface area contributed by atoms with Crippen LogP contribution >= 0.6 is 11.6 Å². The van der Waals surface area contributed by atoms with E-state index in [1.54, 1.807) is 0 Å². The molecule has 0 aliphatic heterocycles.